The van der Waals surface area contributed by atoms with Gasteiger partial charge in [0.1, 0.15) is 9.88 Å². The van der Waals surface area contributed by atoms with Crippen LogP contribution in [0.5, 0.6) is 0 Å². The Morgan fingerprint density at radius 1 is 1.50 bits per heavy atom. The molecule has 0 aliphatic heterocycles. The van der Waals surface area contributed by atoms with E-state index in [4.69, 9.17) is 0 Å². The Bertz CT molecular complexity index is 613. The molecule has 0 unspecified atom stereocenters. The van der Waals surface area contributed by atoms with Gasteiger partial charge in [0.25, 0.3) is 0 Å². The highest BCUT2D eigenvalue weighted by atomic mass is 79.9. The van der Waals surface area contributed by atoms with E-state index in [0.29, 0.717) is 10.6 Å². The minimum absolute atomic E-state index is 0.386. The van der Waals surface area contributed by atoms with Crippen LogP contribution in [0.2, 0.25) is 0 Å². The maximum Gasteiger partial charge on any atom is 0.347 e. The summed E-state index contributed by atoms with van der Waals surface area (Å²) in [7, 11) is 0. The van der Waals surface area contributed by atoms with Crippen LogP contribution in [0.25, 0.3) is 0 Å². The lowest BCUT2D eigenvalue weighted by atomic mass is 10.2. The number of hydrogen-bond acceptors (Lipinski definition) is 4. The number of halogens is 1. The molecule has 0 radical (unpaired) electrons. The van der Waals surface area contributed by atoms with Gasteiger partial charge in [-0.2, -0.15) is 0 Å². The summed E-state index contributed by atoms with van der Waals surface area (Å²) < 4.78 is 1.04. The molecule has 0 fully saturated rings. The van der Waals surface area contributed by atoms with Crippen molar-refractivity contribution in [2.75, 3.05) is 0 Å². The highest BCUT2D eigenvalue weighted by molar-refractivity contribution is 9.10. The summed E-state index contributed by atoms with van der Waals surface area (Å²) in [6.07, 6.45) is 1.63. The molecule has 0 amide bonds. The van der Waals surface area contributed by atoms with Gasteiger partial charge in [-0.05, 0) is 24.6 Å². The fourth-order valence-electron chi connectivity index (χ4n) is 1.74. The minimum Gasteiger partial charge on any atom is -0.477 e. The van der Waals surface area contributed by atoms with Crippen LogP contribution in [0.3, 0.4) is 0 Å². The molecule has 0 saturated heterocycles. The Morgan fingerprint density at radius 2 is 2.30 bits per heavy atom. The number of carbonyl (C=O) groups is 1. The molecule has 0 saturated carbocycles. The average molecular weight is 372 g/mol. The van der Waals surface area contributed by atoms with E-state index in [1.807, 2.05) is 31.2 Å². The fraction of sp³-hybridized carbons (Fsp3) is 0.286. The number of carboxylic acid groups (broad SMARTS) is 1. The molecule has 2 rings (SSSR count). The van der Waals surface area contributed by atoms with Gasteiger partial charge < -0.3 is 5.11 Å². The van der Waals surface area contributed by atoms with Gasteiger partial charge >= 0.3 is 5.97 Å². The highest BCUT2D eigenvalue weighted by Gasteiger charge is 2.16. The Kier molecular flexibility index (Phi) is 5.63. The molecule has 1 heterocycles. The van der Waals surface area contributed by atoms with Gasteiger partial charge in [0, 0.05) is 9.37 Å². The zero-order valence-corrected chi connectivity index (χ0v) is 14.1. The molecule has 3 nitrogen and oxygen atoms in total. The Morgan fingerprint density at radius 3 is 2.95 bits per heavy atom. The first-order valence-electron chi connectivity index (χ1n) is 6.20. The molecular weight excluding hydrogens is 358 g/mol. The second kappa shape index (κ2) is 7.24. The van der Waals surface area contributed by atoms with Crippen LogP contribution in [-0.2, 0) is 12.2 Å². The van der Waals surface area contributed by atoms with E-state index in [2.05, 4.69) is 20.9 Å². The highest BCUT2D eigenvalue weighted by Crippen LogP contribution is 2.29. The molecule has 0 spiro atoms. The maximum atomic E-state index is 11.2. The Hall–Kier alpha value is -0.850. The third-order valence-corrected chi connectivity index (χ3v) is 5.35. The van der Waals surface area contributed by atoms with Crippen LogP contribution in [-0.4, -0.2) is 16.1 Å². The second-order valence-corrected chi connectivity index (χ2v) is 7.23. The molecular formula is C14H14BrNO2S2. The third kappa shape index (κ3) is 4.07. The molecule has 0 atom stereocenters. The van der Waals surface area contributed by atoms with E-state index in [1.54, 1.807) is 11.8 Å². The summed E-state index contributed by atoms with van der Waals surface area (Å²) in [6.45, 7) is 2.03. The summed E-state index contributed by atoms with van der Waals surface area (Å²) in [5.41, 5.74) is 0.717. The van der Waals surface area contributed by atoms with Crippen molar-refractivity contribution in [2.45, 2.75) is 30.4 Å². The van der Waals surface area contributed by atoms with Crippen LogP contribution in [0.4, 0.5) is 0 Å². The number of benzene rings is 1. The van der Waals surface area contributed by atoms with Crippen LogP contribution < -0.4 is 0 Å². The summed E-state index contributed by atoms with van der Waals surface area (Å²) in [4.78, 5) is 17.2. The van der Waals surface area contributed by atoms with E-state index in [9.17, 15) is 9.90 Å². The number of nitrogens with zero attached hydrogens (tertiary/aromatic N) is 1. The standard InChI is InChI=1S/C14H14BrNO2S2/c1-2-4-11-13(14(17)18)20-12(16-11)8-19-10-6-3-5-9(15)7-10/h3,5-7H,2,4,8H2,1H3,(H,17,18). The Labute approximate surface area is 134 Å². The number of aryl methyl sites for hydroxylation is 1. The van der Waals surface area contributed by atoms with Crippen LogP contribution in [0.1, 0.15) is 33.7 Å². The SMILES string of the molecule is CCCc1nc(CSc2cccc(Br)c2)sc1C(=O)O. The summed E-state index contributed by atoms with van der Waals surface area (Å²) >= 11 is 6.39. The smallest absolute Gasteiger partial charge is 0.347 e. The molecule has 6 heteroatoms. The molecule has 106 valence electrons. The van der Waals surface area contributed by atoms with Gasteiger partial charge in [-0.25, -0.2) is 9.78 Å². The summed E-state index contributed by atoms with van der Waals surface area (Å²) in [6, 6.07) is 8.05. The first kappa shape index (κ1) is 15.5. The van der Waals surface area contributed by atoms with Crippen molar-refractivity contribution < 1.29 is 9.90 Å². The van der Waals surface area contributed by atoms with Crippen molar-refractivity contribution in [2.24, 2.45) is 0 Å². The normalized spacial score (nSPS) is 10.7. The predicted molar refractivity (Wildman–Crippen MR) is 86.8 cm³/mol. The van der Waals surface area contributed by atoms with Crippen LogP contribution in [0, 0.1) is 0 Å². The lowest BCUT2D eigenvalue weighted by Crippen LogP contribution is -1.98. The number of aromatic nitrogens is 1. The number of hydrogen-bond donors (Lipinski definition) is 1. The van der Waals surface area contributed by atoms with Gasteiger partial charge in [-0.15, -0.1) is 23.1 Å². The molecule has 1 aromatic carbocycles. The molecule has 1 N–H and O–H groups in total. The van der Waals surface area contributed by atoms with Crippen molar-refractivity contribution in [3.8, 4) is 0 Å². The van der Waals surface area contributed by atoms with Gasteiger partial charge in [-0.3, -0.25) is 0 Å². The lowest BCUT2D eigenvalue weighted by Gasteiger charge is -1.99. The van der Waals surface area contributed by atoms with Crippen molar-refractivity contribution in [3.63, 3.8) is 0 Å². The predicted octanol–water partition coefficient (Wildman–Crippen LogP) is 4.85. The molecule has 1 aromatic heterocycles. The first-order valence-corrected chi connectivity index (χ1v) is 8.80. The van der Waals surface area contributed by atoms with E-state index in [1.165, 1.54) is 11.3 Å². The van der Waals surface area contributed by atoms with Crippen molar-refractivity contribution in [3.05, 3.63) is 44.3 Å². The average Bonchev–Trinajstić information content (AvgIpc) is 2.80. The largest absolute Gasteiger partial charge is 0.477 e. The van der Waals surface area contributed by atoms with Crippen LogP contribution >= 0.6 is 39.0 Å². The van der Waals surface area contributed by atoms with E-state index in [0.717, 1.165) is 32.9 Å². The quantitative estimate of drug-likeness (QED) is 0.737. The van der Waals surface area contributed by atoms with Gasteiger partial charge in [0.2, 0.25) is 0 Å². The van der Waals surface area contributed by atoms with Crippen molar-refractivity contribution in [1.82, 2.24) is 4.98 Å². The zero-order valence-electron chi connectivity index (χ0n) is 10.9. The number of thioether (sulfide) groups is 1. The lowest BCUT2D eigenvalue weighted by molar-refractivity contribution is 0.0700. The molecule has 2 aromatic rings. The number of carboxylic acids is 1. The summed E-state index contributed by atoms with van der Waals surface area (Å²) in [5.74, 6) is -0.171. The molecule has 0 bridgehead atoms. The zero-order chi connectivity index (χ0) is 14.5. The van der Waals surface area contributed by atoms with E-state index in [-0.39, 0.29) is 0 Å². The second-order valence-electron chi connectivity index (χ2n) is 4.18. The topological polar surface area (TPSA) is 50.2 Å². The van der Waals surface area contributed by atoms with E-state index >= 15 is 0 Å². The van der Waals surface area contributed by atoms with Crippen molar-refractivity contribution in [1.29, 1.82) is 0 Å². The van der Waals surface area contributed by atoms with Crippen LogP contribution in [0.15, 0.2) is 33.6 Å². The number of rotatable bonds is 6. The maximum absolute atomic E-state index is 11.2. The monoisotopic (exact) mass is 371 g/mol. The molecule has 0 aliphatic rings. The Balaban J connectivity index is 2.09. The summed E-state index contributed by atoms with van der Waals surface area (Å²) in [5, 5.41) is 10.1. The first-order chi connectivity index (χ1) is 9.60. The van der Waals surface area contributed by atoms with E-state index < -0.39 is 5.97 Å². The fourth-order valence-corrected chi connectivity index (χ4v) is 4.19. The van der Waals surface area contributed by atoms with Gasteiger partial charge in [-0.1, -0.05) is 35.3 Å². The third-order valence-electron chi connectivity index (χ3n) is 2.58. The molecule has 20 heavy (non-hydrogen) atoms. The number of thiazole rings is 1. The minimum atomic E-state index is -0.871. The van der Waals surface area contributed by atoms with Crippen molar-refractivity contribution >= 4 is 45.0 Å². The molecule has 0 aliphatic carbocycles. The number of aromatic carboxylic acids is 1. The van der Waals surface area contributed by atoms with Gasteiger partial charge in [0.05, 0.1) is 11.4 Å². The van der Waals surface area contributed by atoms with Gasteiger partial charge in [0.15, 0.2) is 0 Å².